The second kappa shape index (κ2) is 7.51. The predicted octanol–water partition coefficient (Wildman–Crippen LogP) is 1.52. The molecule has 1 aliphatic heterocycles. The van der Waals surface area contributed by atoms with Gasteiger partial charge in [-0.15, -0.1) is 0 Å². The van der Waals surface area contributed by atoms with Crippen LogP contribution >= 0.6 is 0 Å². The van der Waals surface area contributed by atoms with Crippen LogP contribution in [0.2, 0.25) is 0 Å². The van der Waals surface area contributed by atoms with Crippen LogP contribution in [0.1, 0.15) is 19.8 Å². The highest BCUT2D eigenvalue weighted by molar-refractivity contribution is 6.08. The van der Waals surface area contributed by atoms with Crippen molar-refractivity contribution in [2.24, 2.45) is 11.8 Å². The summed E-state index contributed by atoms with van der Waals surface area (Å²) >= 11 is 0. The van der Waals surface area contributed by atoms with Crippen molar-refractivity contribution in [3.8, 4) is 5.75 Å². The molecule has 1 aromatic carbocycles. The first-order valence-corrected chi connectivity index (χ1v) is 8.57. The number of benzene rings is 1. The van der Waals surface area contributed by atoms with E-state index in [2.05, 4.69) is 5.32 Å². The highest BCUT2D eigenvalue weighted by Crippen LogP contribution is 2.36. The Bertz CT molecular complexity index is 660. The number of para-hydroxylation sites is 1. The summed E-state index contributed by atoms with van der Waals surface area (Å²) in [6, 6.07) is 8.50. The number of carbonyl (C=O) groups excluding carboxylic acids is 3. The van der Waals surface area contributed by atoms with Crippen LogP contribution in [-0.2, 0) is 14.4 Å². The average Bonchev–Trinajstić information content (AvgIpc) is 2.90. The molecule has 3 atom stereocenters. The zero-order chi connectivity index (χ0) is 17.8. The first-order valence-electron chi connectivity index (χ1n) is 8.57. The van der Waals surface area contributed by atoms with Gasteiger partial charge in [-0.05, 0) is 31.9 Å². The Kier molecular flexibility index (Phi) is 5.16. The molecule has 6 heteroatoms. The topological polar surface area (TPSA) is 75.7 Å². The van der Waals surface area contributed by atoms with E-state index < -0.39 is 6.04 Å². The second-order valence-corrected chi connectivity index (χ2v) is 6.33. The van der Waals surface area contributed by atoms with Crippen molar-refractivity contribution in [2.75, 3.05) is 13.2 Å². The molecule has 3 amide bonds. The van der Waals surface area contributed by atoms with Gasteiger partial charge in [-0.1, -0.05) is 30.4 Å². The molecule has 1 fully saturated rings. The van der Waals surface area contributed by atoms with Gasteiger partial charge in [0, 0.05) is 0 Å². The minimum Gasteiger partial charge on any atom is -0.492 e. The Morgan fingerprint density at radius 2 is 1.76 bits per heavy atom. The van der Waals surface area contributed by atoms with Crippen LogP contribution < -0.4 is 10.1 Å². The Morgan fingerprint density at radius 1 is 1.16 bits per heavy atom. The van der Waals surface area contributed by atoms with E-state index in [1.165, 1.54) is 0 Å². The Hall–Kier alpha value is -2.63. The number of nitrogens with zero attached hydrogens (tertiary/aromatic N) is 1. The molecule has 1 aliphatic carbocycles. The van der Waals surface area contributed by atoms with E-state index in [-0.39, 0.29) is 29.6 Å². The molecular formula is C19H22N2O4. The largest absolute Gasteiger partial charge is 0.492 e. The maximum Gasteiger partial charge on any atom is 0.243 e. The number of fused-ring (bicyclic) bond motifs is 1. The summed E-state index contributed by atoms with van der Waals surface area (Å²) in [5.41, 5.74) is 0. The summed E-state index contributed by atoms with van der Waals surface area (Å²) in [6.07, 6.45) is 5.01. The first-order chi connectivity index (χ1) is 12.1. The summed E-state index contributed by atoms with van der Waals surface area (Å²) in [5.74, 6) is -0.704. The predicted molar refractivity (Wildman–Crippen MR) is 91.6 cm³/mol. The Balaban J connectivity index is 1.50. The van der Waals surface area contributed by atoms with E-state index in [1.54, 1.807) is 6.92 Å². The molecule has 0 saturated carbocycles. The van der Waals surface area contributed by atoms with Gasteiger partial charge < -0.3 is 10.1 Å². The highest BCUT2D eigenvalue weighted by Gasteiger charge is 2.49. The molecule has 3 rings (SSSR count). The number of hydrogen-bond donors (Lipinski definition) is 1. The van der Waals surface area contributed by atoms with Crippen molar-refractivity contribution in [1.29, 1.82) is 0 Å². The Labute approximate surface area is 146 Å². The molecule has 1 heterocycles. The van der Waals surface area contributed by atoms with E-state index in [1.807, 2.05) is 42.5 Å². The van der Waals surface area contributed by atoms with Gasteiger partial charge in [-0.2, -0.15) is 0 Å². The molecule has 0 spiro atoms. The molecule has 25 heavy (non-hydrogen) atoms. The number of rotatable bonds is 6. The van der Waals surface area contributed by atoms with E-state index in [0.29, 0.717) is 26.0 Å². The van der Waals surface area contributed by atoms with Gasteiger partial charge in [0.15, 0.2) is 0 Å². The number of carbonyl (C=O) groups is 3. The van der Waals surface area contributed by atoms with Crippen molar-refractivity contribution in [3.05, 3.63) is 42.5 Å². The van der Waals surface area contributed by atoms with Crippen LogP contribution in [0.3, 0.4) is 0 Å². The summed E-state index contributed by atoms with van der Waals surface area (Å²) < 4.78 is 5.51. The maximum absolute atomic E-state index is 12.5. The number of amides is 3. The number of ether oxygens (including phenoxy) is 1. The fourth-order valence-corrected chi connectivity index (χ4v) is 3.33. The first kappa shape index (κ1) is 17.2. The normalized spacial score (nSPS) is 23.3. The minimum atomic E-state index is -0.803. The van der Waals surface area contributed by atoms with Gasteiger partial charge in [-0.25, -0.2) is 0 Å². The fraction of sp³-hybridized carbons (Fsp3) is 0.421. The lowest BCUT2D eigenvalue weighted by Crippen LogP contribution is -2.49. The van der Waals surface area contributed by atoms with Crippen LogP contribution in [0.4, 0.5) is 0 Å². The van der Waals surface area contributed by atoms with Gasteiger partial charge in [-0.3, -0.25) is 19.3 Å². The van der Waals surface area contributed by atoms with Crippen LogP contribution in [0.25, 0.3) is 0 Å². The van der Waals surface area contributed by atoms with Crippen LogP contribution in [0, 0.1) is 11.8 Å². The smallest absolute Gasteiger partial charge is 0.243 e. The van der Waals surface area contributed by atoms with E-state index in [9.17, 15) is 14.4 Å². The van der Waals surface area contributed by atoms with Crippen molar-refractivity contribution >= 4 is 17.7 Å². The lowest BCUT2D eigenvalue weighted by atomic mass is 9.85. The quantitative estimate of drug-likeness (QED) is 0.483. The fourth-order valence-electron chi connectivity index (χ4n) is 3.33. The molecule has 1 saturated heterocycles. The number of imide groups is 1. The van der Waals surface area contributed by atoms with Crippen LogP contribution in [0.5, 0.6) is 5.75 Å². The third kappa shape index (κ3) is 3.57. The monoisotopic (exact) mass is 342 g/mol. The van der Waals surface area contributed by atoms with Gasteiger partial charge >= 0.3 is 0 Å². The standard InChI is InChI=1S/C19H22N2O4/c1-13(17(22)20-11-12-25-14-7-3-2-4-8-14)21-18(23)15-9-5-6-10-16(15)19(21)24/h2-8,13,15-16H,9-12H2,1H3,(H,20,22). The average molecular weight is 342 g/mol. The molecule has 2 aliphatic rings. The summed E-state index contributed by atoms with van der Waals surface area (Å²) in [6.45, 7) is 2.22. The van der Waals surface area contributed by atoms with Gasteiger partial charge in [0.1, 0.15) is 18.4 Å². The van der Waals surface area contributed by atoms with Crippen molar-refractivity contribution in [2.45, 2.75) is 25.8 Å². The van der Waals surface area contributed by atoms with Crippen molar-refractivity contribution < 1.29 is 19.1 Å². The zero-order valence-electron chi connectivity index (χ0n) is 14.2. The molecule has 0 radical (unpaired) electrons. The minimum absolute atomic E-state index is 0.234. The van der Waals surface area contributed by atoms with Crippen molar-refractivity contribution in [1.82, 2.24) is 10.2 Å². The van der Waals surface area contributed by atoms with Gasteiger partial charge in [0.2, 0.25) is 17.7 Å². The van der Waals surface area contributed by atoms with Crippen molar-refractivity contribution in [3.63, 3.8) is 0 Å². The number of hydrogen-bond acceptors (Lipinski definition) is 4. The van der Waals surface area contributed by atoms with Crippen LogP contribution in [-0.4, -0.2) is 41.8 Å². The van der Waals surface area contributed by atoms with Crippen LogP contribution in [0.15, 0.2) is 42.5 Å². The van der Waals surface area contributed by atoms with Gasteiger partial charge in [0.25, 0.3) is 0 Å². The number of nitrogens with one attached hydrogen (secondary N) is 1. The molecule has 3 unspecified atom stereocenters. The summed E-state index contributed by atoms with van der Waals surface area (Å²) in [7, 11) is 0. The third-order valence-corrected chi connectivity index (χ3v) is 4.72. The molecular weight excluding hydrogens is 320 g/mol. The Morgan fingerprint density at radius 3 is 2.36 bits per heavy atom. The summed E-state index contributed by atoms with van der Waals surface area (Å²) in [4.78, 5) is 38.4. The SMILES string of the molecule is CC(C(=O)NCCOc1ccccc1)N1C(=O)C2CC=CCC2C1=O. The molecule has 0 bridgehead atoms. The molecule has 132 valence electrons. The molecule has 1 aromatic rings. The number of allylic oxidation sites excluding steroid dienone is 2. The molecule has 0 aromatic heterocycles. The van der Waals surface area contributed by atoms with E-state index in [0.717, 1.165) is 10.6 Å². The van der Waals surface area contributed by atoms with Gasteiger partial charge in [0.05, 0.1) is 18.4 Å². The highest BCUT2D eigenvalue weighted by atomic mass is 16.5. The van der Waals surface area contributed by atoms with E-state index in [4.69, 9.17) is 4.74 Å². The maximum atomic E-state index is 12.5. The lowest BCUT2D eigenvalue weighted by molar-refractivity contribution is -0.147. The van der Waals surface area contributed by atoms with E-state index >= 15 is 0 Å². The molecule has 1 N–H and O–H groups in total. The second-order valence-electron chi connectivity index (χ2n) is 6.33. The zero-order valence-corrected chi connectivity index (χ0v) is 14.2. The summed E-state index contributed by atoms with van der Waals surface area (Å²) in [5, 5.41) is 2.73. The lowest BCUT2D eigenvalue weighted by Gasteiger charge is -2.22. The number of likely N-dealkylation sites (tertiary alicyclic amines) is 1. The third-order valence-electron chi connectivity index (χ3n) is 4.72. The molecule has 6 nitrogen and oxygen atoms in total.